The van der Waals surface area contributed by atoms with E-state index in [0.717, 1.165) is 16.0 Å². The first kappa shape index (κ1) is 11.2. The molecule has 84 valence electrons. The maximum Gasteiger partial charge on any atom is 0.250 e. The number of hydrogen-bond donors (Lipinski definition) is 2. The Hall–Kier alpha value is -1.25. The lowest BCUT2D eigenvalue weighted by molar-refractivity contribution is 0.733. The number of hydrogen-bond acceptors (Lipinski definition) is 6. The van der Waals surface area contributed by atoms with Gasteiger partial charge in [0, 0.05) is 28.3 Å². The Balaban J connectivity index is 2.33. The molecule has 8 heteroatoms. The minimum Gasteiger partial charge on any atom is -0.313 e. The van der Waals surface area contributed by atoms with Crippen LogP contribution in [0.4, 0.5) is 5.00 Å². The van der Waals surface area contributed by atoms with E-state index >= 15 is 0 Å². The summed E-state index contributed by atoms with van der Waals surface area (Å²) in [6, 6.07) is 3.18. The highest BCUT2D eigenvalue weighted by molar-refractivity contribution is 9.10. The normalized spacial score (nSPS) is 10.4. The molecule has 2 aromatic heterocycles. The molecule has 0 aliphatic rings. The van der Waals surface area contributed by atoms with Crippen LogP contribution in [0.25, 0.3) is 0 Å². The fraction of sp³-hybridized carbons (Fsp3) is 0.125. The molecule has 6 nitrogen and oxygen atoms in total. The van der Waals surface area contributed by atoms with Gasteiger partial charge in [-0.15, -0.1) is 5.10 Å². The molecule has 0 fully saturated rings. The molecule has 2 heterocycles. The van der Waals surface area contributed by atoms with Crippen molar-refractivity contribution in [3.63, 3.8) is 0 Å². The van der Waals surface area contributed by atoms with Crippen molar-refractivity contribution in [2.45, 2.75) is 6.54 Å². The van der Waals surface area contributed by atoms with Crippen molar-refractivity contribution < 1.29 is 0 Å². The van der Waals surface area contributed by atoms with Gasteiger partial charge in [-0.05, 0) is 22.0 Å². The second-order valence-electron chi connectivity index (χ2n) is 3.01. The standard InChI is InChI=1S/C8H8BrN5OS/c9-5-1-2-7(15)14(3-5)4-6-8(11-10)16-13-12-6/h1-3,11H,4,10H2. The fourth-order valence-corrected chi connectivity index (χ4v) is 2.07. The molecule has 0 saturated carbocycles. The van der Waals surface area contributed by atoms with Crippen molar-refractivity contribution in [2.24, 2.45) is 5.84 Å². The zero-order valence-electron chi connectivity index (χ0n) is 8.05. The quantitative estimate of drug-likeness (QED) is 0.647. The van der Waals surface area contributed by atoms with Crippen molar-refractivity contribution >= 4 is 32.5 Å². The van der Waals surface area contributed by atoms with Crippen LogP contribution in [-0.4, -0.2) is 14.2 Å². The van der Waals surface area contributed by atoms with Gasteiger partial charge in [-0.2, -0.15) is 0 Å². The Morgan fingerprint density at radius 2 is 2.38 bits per heavy atom. The van der Waals surface area contributed by atoms with Crippen LogP contribution in [0.2, 0.25) is 0 Å². The lowest BCUT2D eigenvalue weighted by Gasteiger charge is -2.04. The van der Waals surface area contributed by atoms with Gasteiger partial charge in [-0.25, -0.2) is 5.84 Å². The molecule has 16 heavy (non-hydrogen) atoms. The van der Waals surface area contributed by atoms with Crippen molar-refractivity contribution in [3.8, 4) is 0 Å². The van der Waals surface area contributed by atoms with Crippen LogP contribution >= 0.6 is 27.5 Å². The number of rotatable bonds is 3. The predicted molar refractivity (Wildman–Crippen MR) is 65.2 cm³/mol. The van der Waals surface area contributed by atoms with E-state index in [1.807, 2.05) is 0 Å². The first-order valence-corrected chi connectivity index (χ1v) is 5.91. The van der Waals surface area contributed by atoms with Crippen LogP contribution in [0.15, 0.2) is 27.6 Å². The van der Waals surface area contributed by atoms with Gasteiger partial charge in [-0.3, -0.25) is 4.79 Å². The van der Waals surface area contributed by atoms with Crippen molar-refractivity contribution in [1.82, 2.24) is 14.2 Å². The molecular weight excluding hydrogens is 294 g/mol. The molecule has 0 radical (unpaired) electrons. The average molecular weight is 302 g/mol. The van der Waals surface area contributed by atoms with Crippen LogP contribution in [0, 0.1) is 0 Å². The van der Waals surface area contributed by atoms with E-state index in [9.17, 15) is 4.79 Å². The maximum atomic E-state index is 11.5. The number of nitrogens with two attached hydrogens (primary N) is 1. The summed E-state index contributed by atoms with van der Waals surface area (Å²) in [4.78, 5) is 11.5. The SMILES string of the molecule is NNc1snnc1Cn1cc(Br)ccc1=O. The highest BCUT2D eigenvalue weighted by atomic mass is 79.9. The van der Waals surface area contributed by atoms with Crippen LogP contribution in [0.5, 0.6) is 0 Å². The highest BCUT2D eigenvalue weighted by Gasteiger charge is 2.08. The van der Waals surface area contributed by atoms with Gasteiger partial charge in [0.25, 0.3) is 5.56 Å². The fourth-order valence-electron chi connectivity index (χ4n) is 1.21. The predicted octanol–water partition coefficient (Wildman–Crippen LogP) is 0.796. The number of nitrogen functional groups attached to an aromatic ring is 1. The van der Waals surface area contributed by atoms with Gasteiger partial charge >= 0.3 is 0 Å². The highest BCUT2D eigenvalue weighted by Crippen LogP contribution is 2.16. The molecule has 0 unspecified atom stereocenters. The number of anilines is 1. The van der Waals surface area contributed by atoms with E-state index in [2.05, 4.69) is 30.9 Å². The van der Waals surface area contributed by atoms with E-state index < -0.39 is 0 Å². The van der Waals surface area contributed by atoms with Crippen LogP contribution in [-0.2, 0) is 6.54 Å². The summed E-state index contributed by atoms with van der Waals surface area (Å²) in [5.41, 5.74) is 3.04. The van der Waals surface area contributed by atoms with Gasteiger partial charge in [-0.1, -0.05) is 4.49 Å². The number of hydrazine groups is 1. The summed E-state index contributed by atoms with van der Waals surface area (Å²) in [6.07, 6.45) is 1.70. The molecule has 0 aromatic carbocycles. The first-order valence-electron chi connectivity index (χ1n) is 4.34. The third-order valence-electron chi connectivity index (χ3n) is 1.95. The largest absolute Gasteiger partial charge is 0.313 e. The molecule has 0 aliphatic carbocycles. The number of aromatic nitrogens is 3. The van der Waals surface area contributed by atoms with E-state index in [1.54, 1.807) is 12.3 Å². The average Bonchev–Trinajstić information content (AvgIpc) is 2.71. The van der Waals surface area contributed by atoms with Crippen molar-refractivity contribution in [2.75, 3.05) is 5.43 Å². The summed E-state index contributed by atoms with van der Waals surface area (Å²) >= 11 is 4.46. The topological polar surface area (TPSA) is 85.8 Å². The molecule has 0 bridgehead atoms. The minimum absolute atomic E-state index is 0.0980. The monoisotopic (exact) mass is 301 g/mol. The summed E-state index contributed by atoms with van der Waals surface area (Å²) in [7, 11) is 0. The molecule has 0 amide bonds. The molecule has 2 aromatic rings. The number of nitrogens with one attached hydrogen (secondary N) is 1. The van der Waals surface area contributed by atoms with Crippen LogP contribution in [0.1, 0.15) is 5.69 Å². The molecule has 0 saturated heterocycles. The van der Waals surface area contributed by atoms with Crippen molar-refractivity contribution in [1.29, 1.82) is 0 Å². The third-order valence-corrected chi connectivity index (χ3v) is 3.12. The zero-order valence-corrected chi connectivity index (χ0v) is 10.5. The maximum absolute atomic E-state index is 11.5. The van der Waals surface area contributed by atoms with Gasteiger partial charge < -0.3 is 9.99 Å². The molecule has 2 rings (SSSR count). The molecule has 0 aliphatic heterocycles. The summed E-state index contributed by atoms with van der Waals surface area (Å²) < 4.78 is 6.12. The number of pyridine rings is 1. The molecule has 3 N–H and O–H groups in total. The Labute approximate surface area is 103 Å². The van der Waals surface area contributed by atoms with Gasteiger partial charge in [0.15, 0.2) is 0 Å². The summed E-state index contributed by atoms with van der Waals surface area (Å²) in [6.45, 7) is 0.342. The second-order valence-corrected chi connectivity index (χ2v) is 4.68. The Bertz CT molecular complexity index is 551. The van der Waals surface area contributed by atoms with E-state index in [1.165, 1.54) is 10.6 Å². The number of halogens is 1. The smallest absolute Gasteiger partial charge is 0.250 e. The first-order chi connectivity index (χ1) is 7.70. The van der Waals surface area contributed by atoms with Gasteiger partial charge in [0.1, 0.15) is 10.7 Å². The van der Waals surface area contributed by atoms with Crippen LogP contribution in [0.3, 0.4) is 0 Å². The van der Waals surface area contributed by atoms with E-state index in [4.69, 9.17) is 5.84 Å². The molecule has 0 spiro atoms. The van der Waals surface area contributed by atoms with Gasteiger partial charge in [0.2, 0.25) is 0 Å². The Morgan fingerprint density at radius 3 is 3.12 bits per heavy atom. The second kappa shape index (κ2) is 4.73. The lowest BCUT2D eigenvalue weighted by Crippen LogP contribution is -2.20. The van der Waals surface area contributed by atoms with Crippen molar-refractivity contribution in [3.05, 3.63) is 38.9 Å². The third kappa shape index (κ3) is 2.29. The zero-order chi connectivity index (χ0) is 11.5. The Kier molecular flexibility index (Phi) is 3.32. The summed E-state index contributed by atoms with van der Waals surface area (Å²) in [5.74, 6) is 5.30. The van der Waals surface area contributed by atoms with E-state index in [0.29, 0.717) is 17.2 Å². The van der Waals surface area contributed by atoms with Crippen LogP contribution < -0.4 is 16.8 Å². The van der Waals surface area contributed by atoms with Gasteiger partial charge in [0.05, 0.1) is 6.54 Å². The van der Waals surface area contributed by atoms with E-state index in [-0.39, 0.29) is 5.56 Å². The molecule has 0 atom stereocenters. The summed E-state index contributed by atoms with van der Waals surface area (Å²) in [5, 5.41) is 4.56. The molecular formula is C8H8BrN5OS. The minimum atomic E-state index is -0.0980. The Morgan fingerprint density at radius 1 is 1.56 bits per heavy atom. The lowest BCUT2D eigenvalue weighted by atomic mass is 10.4. The number of nitrogens with zero attached hydrogens (tertiary/aromatic N) is 3.